The van der Waals surface area contributed by atoms with Crippen molar-refractivity contribution in [1.29, 1.82) is 0 Å². The molecule has 1 radical (unpaired) electrons. The van der Waals surface area contributed by atoms with Gasteiger partial charge in [0.25, 0.3) is 0 Å². The highest BCUT2D eigenvalue weighted by Gasteiger charge is 1.85. The lowest BCUT2D eigenvalue weighted by molar-refractivity contribution is 0.806. The molecule has 0 rings (SSSR count). The van der Waals surface area contributed by atoms with Gasteiger partial charge in [-0.3, -0.25) is 0 Å². The van der Waals surface area contributed by atoms with Crippen molar-refractivity contribution in [2.75, 3.05) is 0 Å². The molecular weight excluding hydrogens is 180 g/mol. The zero-order valence-electron chi connectivity index (χ0n) is 10.5. The number of allylic oxidation sites excluding steroid dienone is 4. The molecule has 0 heterocycles. The van der Waals surface area contributed by atoms with Gasteiger partial charge in [0.15, 0.2) is 0 Å². The highest BCUT2D eigenvalue weighted by atomic mass is 13.9. The highest BCUT2D eigenvalue weighted by molar-refractivity contribution is 4.87. The van der Waals surface area contributed by atoms with E-state index in [-0.39, 0.29) is 0 Å². The first-order valence-electron chi connectivity index (χ1n) is 6.53. The summed E-state index contributed by atoms with van der Waals surface area (Å²) in [6, 6.07) is 0. The maximum absolute atomic E-state index is 2.39. The largest absolute Gasteiger partial charge is 0.0885 e. The number of hydrogen-bond donors (Lipinski definition) is 0. The van der Waals surface area contributed by atoms with Gasteiger partial charge in [0.1, 0.15) is 0 Å². The van der Waals surface area contributed by atoms with Crippen LogP contribution in [-0.4, -0.2) is 0 Å². The van der Waals surface area contributed by atoms with Gasteiger partial charge in [0, 0.05) is 0 Å². The molecule has 0 aromatic carbocycles. The average Bonchev–Trinajstić information content (AvgIpc) is 2.26. The minimum atomic E-state index is 1.15. The van der Waals surface area contributed by atoms with Crippen molar-refractivity contribution in [2.24, 2.45) is 0 Å². The average molecular weight is 207 g/mol. The summed E-state index contributed by atoms with van der Waals surface area (Å²) >= 11 is 0. The molecule has 0 aromatic rings. The third-order valence-electron chi connectivity index (χ3n) is 2.33. The fraction of sp³-hybridized carbons (Fsp3) is 0.667. The van der Waals surface area contributed by atoms with E-state index in [1.165, 1.54) is 44.9 Å². The van der Waals surface area contributed by atoms with Crippen LogP contribution in [0.15, 0.2) is 24.3 Å². The van der Waals surface area contributed by atoms with Crippen molar-refractivity contribution >= 4 is 0 Å². The van der Waals surface area contributed by atoms with Gasteiger partial charge in [-0.1, -0.05) is 51.0 Å². The Hall–Kier alpha value is -0.520. The van der Waals surface area contributed by atoms with Crippen LogP contribution in [0.5, 0.6) is 0 Å². The van der Waals surface area contributed by atoms with Crippen LogP contribution >= 0.6 is 0 Å². The first kappa shape index (κ1) is 14.5. The van der Waals surface area contributed by atoms with Gasteiger partial charge >= 0.3 is 0 Å². The van der Waals surface area contributed by atoms with Crippen molar-refractivity contribution in [1.82, 2.24) is 0 Å². The van der Waals surface area contributed by atoms with Gasteiger partial charge in [0.2, 0.25) is 0 Å². The highest BCUT2D eigenvalue weighted by Crippen LogP contribution is 2.04. The molecule has 0 amide bonds. The molecule has 87 valence electrons. The van der Waals surface area contributed by atoms with Crippen LogP contribution in [0.4, 0.5) is 0 Å². The van der Waals surface area contributed by atoms with E-state index in [1.54, 1.807) is 0 Å². The molecule has 0 unspecified atom stereocenters. The van der Waals surface area contributed by atoms with Crippen molar-refractivity contribution in [3.63, 3.8) is 0 Å². The van der Waals surface area contributed by atoms with Gasteiger partial charge in [-0.05, 0) is 44.9 Å². The molecule has 0 saturated heterocycles. The number of unbranched alkanes of at least 4 members (excludes halogenated alkanes) is 6. The molecule has 0 fully saturated rings. The minimum Gasteiger partial charge on any atom is -0.0885 e. The summed E-state index contributed by atoms with van der Waals surface area (Å²) in [6.07, 6.45) is 21.6. The smallest absolute Gasteiger partial charge is 0.0319 e. The van der Waals surface area contributed by atoms with Crippen molar-refractivity contribution in [3.05, 3.63) is 30.7 Å². The Morgan fingerprint density at radius 3 is 1.93 bits per heavy atom. The van der Waals surface area contributed by atoms with E-state index in [0.29, 0.717) is 0 Å². The molecule has 15 heavy (non-hydrogen) atoms. The molecule has 0 bridgehead atoms. The summed E-state index contributed by atoms with van der Waals surface area (Å²) in [4.78, 5) is 0. The fourth-order valence-electron chi connectivity index (χ4n) is 1.38. The van der Waals surface area contributed by atoms with Crippen LogP contribution in [0, 0.1) is 6.42 Å². The van der Waals surface area contributed by atoms with Crippen molar-refractivity contribution in [3.8, 4) is 0 Å². The monoisotopic (exact) mass is 207 g/mol. The van der Waals surface area contributed by atoms with Gasteiger partial charge in [-0.15, -0.1) is 0 Å². The summed E-state index contributed by atoms with van der Waals surface area (Å²) in [7, 11) is 0. The molecule has 0 aliphatic heterocycles. The predicted octanol–water partition coefficient (Wildman–Crippen LogP) is 5.46. The zero-order valence-corrected chi connectivity index (χ0v) is 10.5. The molecule has 0 N–H and O–H groups in total. The van der Waals surface area contributed by atoms with Gasteiger partial charge < -0.3 is 0 Å². The Kier molecular flexibility index (Phi) is 13.0. The molecule has 0 aromatic heterocycles. The summed E-state index contributed by atoms with van der Waals surface area (Å²) < 4.78 is 0. The lowest BCUT2D eigenvalue weighted by atomic mass is 10.1. The van der Waals surface area contributed by atoms with Crippen molar-refractivity contribution in [2.45, 2.75) is 65.2 Å². The maximum atomic E-state index is 2.39. The molecule has 0 saturated carbocycles. The van der Waals surface area contributed by atoms with Gasteiger partial charge in [-0.25, -0.2) is 0 Å². The van der Waals surface area contributed by atoms with Crippen LogP contribution < -0.4 is 0 Å². The Labute approximate surface area is 96.5 Å². The van der Waals surface area contributed by atoms with Crippen LogP contribution in [-0.2, 0) is 0 Å². The van der Waals surface area contributed by atoms with Crippen LogP contribution in [0.3, 0.4) is 0 Å². The van der Waals surface area contributed by atoms with Crippen LogP contribution in [0.2, 0.25) is 0 Å². The molecule has 0 atom stereocenters. The second-order valence-corrected chi connectivity index (χ2v) is 3.98. The summed E-state index contributed by atoms with van der Waals surface area (Å²) in [5.41, 5.74) is 0. The third-order valence-corrected chi connectivity index (χ3v) is 2.33. The molecule has 0 heteroatoms. The van der Waals surface area contributed by atoms with E-state index in [4.69, 9.17) is 0 Å². The first-order chi connectivity index (χ1) is 7.41. The quantitative estimate of drug-likeness (QED) is 0.329. The predicted molar refractivity (Wildman–Crippen MR) is 70.9 cm³/mol. The normalized spacial score (nSPS) is 11.9. The molecular formula is C15H27. The van der Waals surface area contributed by atoms with Crippen molar-refractivity contribution < 1.29 is 0 Å². The third kappa shape index (κ3) is 13.5. The van der Waals surface area contributed by atoms with E-state index in [0.717, 1.165) is 6.42 Å². The topological polar surface area (TPSA) is 0 Å². The van der Waals surface area contributed by atoms with Gasteiger partial charge in [0.05, 0.1) is 0 Å². The number of hydrogen-bond acceptors (Lipinski definition) is 0. The van der Waals surface area contributed by atoms with E-state index in [2.05, 4.69) is 44.6 Å². The molecule has 0 aliphatic rings. The van der Waals surface area contributed by atoms with Gasteiger partial charge in [-0.2, -0.15) is 0 Å². The van der Waals surface area contributed by atoms with E-state index < -0.39 is 0 Å². The summed E-state index contributed by atoms with van der Waals surface area (Å²) in [6.45, 7) is 4.44. The standard InChI is InChI=1S/C15H27/c1-3-5-7-9-11-13-15-14-12-10-8-6-4-2/h7-10,13H,3-6,11-12,14-15H2,1-2H3. The second kappa shape index (κ2) is 13.5. The summed E-state index contributed by atoms with van der Waals surface area (Å²) in [5.74, 6) is 0. The Morgan fingerprint density at radius 2 is 1.27 bits per heavy atom. The SMILES string of the molecule is CCCC=CC[CH]CCCC=CCCC. The lowest BCUT2D eigenvalue weighted by Gasteiger charge is -1.95. The number of rotatable bonds is 10. The first-order valence-corrected chi connectivity index (χ1v) is 6.53. The Morgan fingerprint density at radius 1 is 0.667 bits per heavy atom. The summed E-state index contributed by atoms with van der Waals surface area (Å²) in [5, 5.41) is 0. The molecule has 0 spiro atoms. The Balaban J connectivity index is 3.04. The maximum Gasteiger partial charge on any atom is -0.0319 e. The molecule has 0 nitrogen and oxygen atoms in total. The minimum absolute atomic E-state index is 1.15. The second-order valence-electron chi connectivity index (χ2n) is 3.98. The molecule has 0 aliphatic carbocycles. The van der Waals surface area contributed by atoms with E-state index in [9.17, 15) is 0 Å². The zero-order chi connectivity index (χ0) is 11.2. The van der Waals surface area contributed by atoms with Crippen LogP contribution in [0.1, 0.15) is 65.2 Å². The van der Waals surface area contributed by atoms with E-state index in [1.807, 2.05) is 0 Å². The fourth-order valence-corrected chi connectivity index (χ4v) is 1.38. The lowest BCUT2D eigenvalue weighted by Crippen LogP contribution is -1.76. The van der Waals surface area contributed by atoms with E-state index >= 15 is 0 Å². The van der Waals surface area contributed by atoms with Crippen LogP contribution in [0.25, 0.3) is 0 Å². The Bertz CT molecular complexity index is 135.